The van der Waals surface area contributed by atoms with Crippen molar-refractivity contribution in [3.63, 3.8) is 0 Å². The minimum atomic E-state index is -4.23. The Morgan fingerprint density at radius 2 is 1.60 bits per heavy atom. The molecule has 7 nitrogen and oxygen atoms in total. The molecule has 214 valence electrons. The number of carbonyl (C=O) groups is 2. The SMILES string of the molecule is CC[C@H](C(=O)NCC(C)C)N(Cc1ccc(F)cc1)C(=O)CN(c1ccc(Cl)c(Cl)c1)S(=O)(=O)c1ccccc1. The third-order valence-electron chi connectivity index (χ3n) is 6.14. The molecule has 0 heterocycles. The Kier molecular flexibility index (Phi) is 11.0. The molecule has 11 heteroatoms. The van der Waals surface area contributed by atoms with Crippen LogP contribution in [-0.4, -0.2) is 44.3 Å². The fraction of sp³-hybridized carbons (Fsp3) is 0.310. The zero-order valence-electron chi connectivity index (χ0n) is 22.5. The van der Waals surface area contributed by atoms with Crippen LogP contribution in [0.1, 0.15) is 32.8 Å². The van der Waals surface area contributed by atoms with E-state index in [0.717, 1.165) is 4.31 Å². The number of nitrogens with one attached hydrogen (secondary N) is 1. The lowest BCUT2D eigenvalue weighted by Gasteiger charge is -2.33. The van der Waals surface area contributed by atoms with Crippen LogP contribution in [0.3, 0.4) is 0 Å². The molecule has 1 N–H and O–H groups in total. The van der Waals surface area contributed by atoms with Gasteiger partial charge in [-0.2, -0.15) is 0 Å². The maximum absolute atomic E-state index is 14.0. The number of hydrogen-bond donors (Lipinski definition) is 1. The summed E-state index contributed by atoms with van der Waals surface area (Å²) in [5.74, 6) is -1.24. The van der Waals surface area contributed by atoms with Crippen molar-refractivity contribution in [2.24, 2.45) is 5.92 Å². The minimum Gasteiger partial charge on any atom is -0.354 e. The minimum absolute atomic E-state index is 0.0272. The van der Waals surface area contributed by atoms with Gasteiger partial charge in [0, 0.05) is 13.1 Å². The lowest BCUT2D eigenvalue weighted by molar-refractivity contribution is -0.140. The molecule has 3 aromatic rings. The van der Waals surface area contributed by atoms with Crippen molar-refractivity contribution in [2.75, 3.05) is 17.4 Å². The number of halogens is 3. The molecule has 0 saturated heterocycles. The van der Waals surface area contributed by atoms with Gasteiger partial charge in [0.25, 0.3) is 10.0 Å². The van der Waals surface area contributed by atoms with Crippen LogP contribution < -0.4 is 9.62 Å². The summed E-state index contributed by atoms with van der Waals surface area (Å²) in [6, 6.07) is 16.6. The largest absolute Gasteiger partial charge is 0.354 e. The van der Waals surface area contributed by atoms with Crippen LogP contribution in [0.15, 0.2) is 77.7 Å². The van der Waals surface area contributed by atoms with Crippen LogP contribution in [-0.2, 0) is 26.2 Å². The van der Waals surface area contributed by atoms with Gasteiger partial charge in [-0.25, -0.2) is 12.8 Å². The summed E-state index contributed by atoms with van der Waals surface area (Å²) in [6.07, 6.45) is 0.273. The van der Waals surface area contributed by atoms with E-state index in [1.807, 2.05) is 13.8 Å². The van der Waals surface area contributed by atoms with Crippen LogP contribution >= 0.6 is 23.2 Å². The van der Waals surface area contributed by atoms with E-state index in [1.165, 1.54) is 59.5 Å². The van der Waals surface area contributed by atoms with E-state index in [-0.39, 0.29) is 45.4 Å². The topological polar surface area (TPSA) is 86.8 Å². The van der Waals surface area contributed by atoms with Crippen LogP contribution in [0.2, 0.25) is 10.0 Å². The van der Waals surface area contributed by atoms with E-state index in [2.05, 4.69) is 5.32 Å². The van der Waals surface area contributed by atoms with Gasteiger partial charge in [0.05, 0.1) is 20.6 Å². The van der Waals surface area contributed by atoms with Crippen molar-refractivity contribution in [2.45, 2.75) is 44.7 Å². The maximum Gasteiger partial charge on any atom is 0.264 e. The number of nitrogens with zero attached hydrogens (tertiary/aromatic N) is 2. The molecule has 0 saturated carbocycles. The van der Waals surface area contributed by atoms with Gasteiger partial charge in [-0.05, 0) is 60.4 Å². The monoisotopic (exact) mass is 607 g/mol. The Balaban J connectivity index is 2.05. The number of benzene rings is 3. The lowest BCUT2D eigenvalue weighted by Crippen LogP contribution is -2.52. The number of sulfonamides is 1. The summed E-state index contributed by atoms with van der Waals surface area (Å²) in [6.45, 7) is 5.42. The second kappa shape index (κ2) is 14.0. The number of hydrogen-bond acceptors (Lipinski definition) is 4. The quantitative estimate of drug-likeness (QED) is 0.277. The highest BCUT2D eigenvalue weighted by Gasteiger charge is 2.33. The van der Waals surface area contributed by atoms with Crippen molar-refractivity contribution in [1.29, 1.82) is 0 Å². The molecule has 2 amide bonds. The van der Waals surface area contributed by atoms with Crippen LogP contribution in [0, 0.1) is 11.7 Å². The van der Waals surface area contributed by atoms with Gasteiger partial charge in [-0.3, -0.25) is 13.9 Å². The third-order valence-corrected chi connectivity index (χ3v) is 8.66. The molecule has 3 aromatic carbocycles. The van der Waals surface area contributed by atoms with E-state index >= 15 is 0 Å². The Labute approximate surface area is 244 Å². The highest BCUT2D eigenvalue weighted by atomic mass is 35.5. The van der Waals surface area contributed by atoms with Crippen molar-refractivity contribution in [1.82, 2.24) is 10.2 Å². The number of carbonyl (C=O) groups excluding carboxylic acids is 2. The number of anilines is 1. The van der Waals surface area contributed by atoms with E-state index < -0.39 is 34.3 Å². The van der Waals surface area contributed by atoms with Crippen molar-refractivity contribution in [3.05, 3.63) is 94.2 Å². The molecule has 40 heavy (non-hydrogen) atoms. The second-order valence-corrected chi connectivity index (χ2v) is 12.3. The summed E-state index contributed by atoms with van der Waals surface area (Å²) >= 11 is 12.3. The van der Waals surface area contributed by atoms with Gasteiger partial charge >= 0.3 is 0 Å². The molecule has 0 radical (unpaired) electrons. The molecule has 0 aliphatic heterocycles. The standard InChI is InChI=1S/C29H32Cl2FN3O4S/c1-4-27(29(37)33-17-20(2)3)34(18-21-10-12-22(32)13-11-21)28(36)19-35(23-14-15-25(30)26(31)16-23)40(38,39)24-8-6-5-7-9-24/h5-16,20,27H,4,17-19H2,1-3H3,(H,33,37)/t27-/m1/s1. The molecular weight excluding hydrogens is 576 g/mol. The van der Waals surface area contributed by atoms with Gasteiger partial charge in [-0.15, -0.1) is 0 Å². The predicted octanol–water partition coefficient (Wildman–Crippen LogP) is 5.91. The normalized spacial score (nSPS) is 12.2. The molecule has 0 spiro atoms. The van der Waals surface area contributed by atoms with Crippen LogP contribution in [0.25, 0.3) is 0 Å². The molecule has 0 aliphatic carbocycles. The molecule has 0 aliphatic rings. The summed E-state index contributed by atoms with van der Waals surface area (Å²) in [5.41, 5.74) is 0.711. The lowest BCUT2D eigenvalue weighted by atomic mass is 10.1. The van der Waals surface area contributed by atoms with Gasteiger partial charge in [0.1, 0.15) is 18.4 Å². The molecule has 0 aromatic heterocycles. The first-order chi connectivity index (χ1) is 18.9. The third kappa shape index (κ3) is 7.96. The first kappa shape index (κ1) is 31.4. The summed E-state index contributed by atoms with van der Waals surface area (Å²) in [4.78, 5) is 28.5. The van der Waals surface area contributed by atoms with E-state index in [1.54, 1.807) is 25.1 Å². The first-order valence-corrected chi connectivity index (χ1v) is 15.0. The number of rotatable bonds is 12. The van der Waals surface area contributed by atoms with Gasteiger partial charge in [0.15, 0.2) is 0 Å². The Morgan fingerprint density at radius 3 is 2.17 bits per heavy atom. The molecular formula is C29H32Cl2FN3O4S. The zero-order valence-corrected chi connectivity index (χ0v) is 24.8. The average Bonchev–Trinajstić information content (AvgIpc) is 2.93. The predicted molar refractivity (Wildman–Crippen MR) is 156 cm³/mol. The number of amides is 2. The Morgan fingerprint density at radius 1 is 0.950 bits per heavy atom. The van der Waals surface area contributed by atoms with Crippen LogP contribution in [0.5, 0.6) is 0 Å². The Bertz CT molecular complexity index is 1420. The Hall–Kier alpha value is -3.14. The first-order valence-electron chi connectivity index (χ1n) is 12.8. The van der Waals surface area contributed by atoms with Crippen molar-refractivity contribution < 1.29 is 22.4 Å². The molecule has 3 rings (SSSR count). The smallest absolute Gasteiger partial charge is 0.264 e. The zero-order chi connectivity index (χ0) is 29.4. The van der Waals surface area contributed by atoms with Crippen LogP contribution in [0.4, 0.5) is 10.1 Å². The average molecular weight is 609 g/mol. The molecule has 0 bridgehead atoms. The fourth-order valence-electron chi connectivity index (χ4n) is 4.02. The molecule has 1 atom stereocenters. The van der Waals surface area contributed by atoms with E-state index in [0.29, 0.717) is 12.1 Å². The molecule has 0 unspecified atom stereocenters. The van der Waals surface area contributed by atoms with E-state index in [4.69, 9.17) is 23.2 Å². The van der Waals surface area contributed by atoms with Crippen molar-refractivity contribution >= 4 is 50.7 Å². The highest BCUT2D eigenvalue weighted by Crippen LogP contribution is 2.31. The maximum atomic E-state index is 14.0. The van der Waals surface area contributed by atoms with Gasteiger partial charge < -0.3 is 10.2 Å². The second-order valence-electron chi connectivity index (χ2n) is 9.63. The summed E-state index contributed by atoms with van der Waals surface area (Å²) < 4.78 is 42.1. The molecule has 0 fully saturated rings. The van der Waals surface area contributed by atoms with Crippen molar-refractivity contribution in [3.8, 4) is 0 Å². The van der Waals surface area contributed by atoms with Gasteiger partial charge in [0.2, 0.25) is 11.8 Å². The highest BCUT2D eigenvalue weighted by molar-refractivity contribution is 7.92. The summed E-state index contributed by atoms with van der Waals surface area (Å²) in [7, 11) is -4.23. The van der Waals surface area contributed by atoms with E-state index in [9.17, 15) is 22.4 Å². The van der Waals surface area contributed by atoms with Gasteiger partial charge in [-0.1, -0.05) is 74.3 Å². The fourth-order valence-corrected chi connectivity index (χ4v) is 5.74. The summed E-state index contributed by atoms with van der Waals surface area (Å²) in [5, 5.41) is 3.20.